The van der Waals surface area contributed by atoms with E-state index in [2.05, 4.69) is 15.4 Å². The van der Waals surface area contributed by atoms with E-state index in [-0.39, 0.29) is 23.3 Å². The van der Waals surface area contributed by atoms with Crippen molar-refractivity contribution in [3.63, 3.8) is 0 Å². The molecule has 0 bridgehead atoms. The van der Waals surface area contributed by atoms with Gasteiger partial charge in [-0.2, -0.15) is 5.10 Å². The van der Waals surface area contributed by atoms with Gasteiger partial charge in [0.05, 0.1) is 11.9 Å². The van der Waals surface area contributed by atoms with Crippen LogP contribution in [0.5, 0.6) is 0 Å². The van der Waals surface area contributed by atoms with E-state index in [9.17, 15) is 18.4 Å². The molecule has 3 aromatic carbocycles. The van der Waals surface area contributed by atoms with Crippen molar-refractivity contribution in [2.75, 3.05) is 0 Å². The van der Waals surface area contributed by atoms with Crippen molar-refractivity contribution in [3.05, 3.63) is 106 Å². The summed E-state index contributed by atoms with van der Waals surface area (Å²) in [6, 6.07) is 18.1. The summed E-state index contributed by atoms with van der Waals surface area (Å²) in [5, 5.41) is 8.87. The van der Waals surface area contributed by atoms with Crippen LogP contribution in [0.4, 0.5) is 8.78 Å². The minimum absolute atomic E-state index is 0.0167. The number of nitrogens with one attached hydrogen (secondary N) is 2. The lowest BCUT2D eigenvalue weighted by Gasteiger charge is -2.05. The maximum atomic E-state index is 13.3. The number of nitrogens with zero attached hydrogens (tertiary/aromatic N) is 2. The fourth-order valence-corrected chi connectivity index (χ4v) is 3.60. The highest BCUT2D eigenvalue weighted by molar-refractivity contribution is 5.93. The molecule has 32 heavy (non-hydrogen) atoms. The van der Waals surface area contributed by atoms with Crippen molar-refractivity contribution in [3.8, 4) is 11.3 Å². The fourth-order valence-electron chi connectivity index (χ4n) is 3.60. The lowest BCUT2D eigenvalue weighted by molar-refractivity contribution is 0.0945. The molecular weight excluding hydrogens is 414 g/mol. The average Bonchev–Trinajstić information content (AvgIpc) is 3.21. The summed E-state index contributed by atoms with van der Waals surface area (Å²) in [5.74, 6) is -2.02. The first-order valence-corrected chi connectivity index (χ1v) is 9.81. The van der Waals surface area contributed by atoms with Gasteiger partial charge in [-0.1, -0.05) is 36.4 Å². The molecule has 158 valence electrons. The van der Waals surface area contributed by atoms with Crippen LogP contribution in [0.25, 0.3) is 27.5 Å². The third kappa shape index (κ3) is 3.74. The molecule has 0 atom stereocenters. The van der Waals surface area contributed by atoms with Gasteiger partial charge < -0.3 is 10.3 Å². The lowest BCUT2D eigenvalue weighted by atomic mass is 10.1. The number of H-pyrrole nitrogens is 1. The second kappa shape index (κ2) is 7.73. The fraction of sp³-hybridized carbons (Fsp3) is 0.0417. The van der Waals surface area contributed by atoms with Crippen LogP contribution in [-0.4, -0.2) is 20.5 Å². The molecular formula is C24H16F2N4O2. The number of carbonyl (C=O) groups is 1. The van der Waals surface area contributed by atoms with Crippen LogP contribution in [0.15, 0.2) is 77.7 Å². The number of amides is 1. The molecule has 2 N–H and O–H groups in total. The topological polar surface area (TPSA) is 79.3 Å². The Bertz CT molecular complexity index is 1540. The van der Waals surface area contributed by atoms with Gasteiger partial charge in [-0.05, 0) is 34.5 Å². The number of benzene rings is 3. The molecule has 6 nitrogen and oxygen atoms in total. The molecule has 2 heterocycles. The van der Waals surface area contributed by atoms with Crippen molar-refractivity contribution >= 4 is 22.2 Å². The van der Waals surface area contributed by atoms with Gasteiger partial charge in [-0.25, -0.2) is 13.3 Å². The highest BCUT2D eigenvalue weighted by atomic mass is 19.1. The number of fused-ring (bicyclic) bond motifs is 2. The molecule has 0 aliphatic rings. The molecule has 0 saturated heterocycles. The van der Waals surface area contributed by atoms with Crippen molar-refractivity contribution in [1.82, 2.24) is 19.9 Å². The van der Waals surface area contributed by atoms with Crippen LogP contribution in [0.1, 0.15) is 16.1 Å². The molecule has 0 unspecified atom stereocenters. The maximum Gasteiger partial charge on any atom is 0.274 e. The van der Waals surface area contributed by atoms with Crippen molar-refractivity contribution < 1.29 is 13.6 Å². The average molecular weight is 430 g/mol. The highest BCUT2D eigenvalue weighted by Gasteiger charge is 2.14. The van der Waals surface area contributed by atoms with Crippen LogP contribution in [0.2, 0.25) is 0 Å². The zero-order valence-electron chi connectivity index (χ0n) is 16.6. The van der Waals surface area contributed by atoms with E-state index in [1.165, 1.54) is 10.6 Å². The van der Waals surface area contributed by atoms with E-state index in [0.29, 0.717) is 5.69 Å². The van der Waals surface area contributed by atoms with E-state index in [1.54, 1.807) is 6.20 Å². The standard InChI is InChI=1S/C24H16F2N4O2/c25-18-7-14(8-19(26)10-18)12-27-23(31)20-11-22-24(32)28-21(13-30(22)29-20)17-6-5-15-3-1-2-4-16(15)9-17/h1-11,13H,12H2,(H,27,31)(H,28,32). The van der Waals surface area contributed by atoms with Gasteiger partial charge in [0.1, 0.15) is 17.2 Å². The lowest BCUT2D eigenvalue weighted by Crippen LogP contribution is -2.23. The zero-order valence-corrected chi connectivity index (χ0v) is 16.6. The number of hydrogen-bond donors (Lipinski definition) is 2. The minimum atomic E-state index is -0.727. The van der Waals surface area contributed by atoms with Gasteiger partial charge in [0.2, 0.25) is 0 Å². The van der Waals surface area contributed by atoms with Gasteiger partial charge in [-0.3, -0.25) is 9.59 Å². The van der Waals surface area contributed by atoms with Crippen LogP contribution in [-0.2, 0) is 6.54 Å². The van der Waals surface area contributed by atoms with E-state index in [4.69, 9.17) is 0 Å². The second-order valence-corrected chi connectivity index (χ2v) is 7.38. The molecule has 2 aromatic heterocycles. The number of aromatic nitrogens is 3. The van der Waals surface area contributed by atoms with Crippen molar-refractivity contribution in [2.24, 2.45) is 0 Å². The Morgan fingerprint density at radius 3 is 2.50 bits per heavy atom. The Hall–Kier alpha value is -4.33. The summed E-state index contributed by atoms with van der Waals surface area (Å²) in [4.78, 5) is 27.9. The third-order valence-electron chi connectivity index (χ3n) is 5.14. The Kier molecular flexibility index (Phi) is 4.74. The first kappa shape index (κ1) is 19.6. The molecule has 0 spiro atoms. The Labute approximate surface area is 180 Å². The molecule has 0 radical (unpaired) electrons. The Morgan fingerprint density at radius 1 is 0.969 bits per heavy atom. The number of aromatic amines is 1. The molecule has 5 rings (SSSR count). The summed E-state index contributed by atoms with van der Waals surface area (Å²) in [5.41, 5.74) is 1.46. The zero-order chi connectivity index (χ0) is 22.2. The summed E-state index contributed by atoms with van der Waals surface area (Å²) < 4.78 is 28.0. The van der Waals surface area contributed by atoms with Gasteiger partial charge >= 0.3 is 0 Å². The number of rotatable bonds is 4. The molecule has 0 fully saturated rings. The number of carbonyl (C=O) groups excluding carboxylic acids is 1. The van der Waals surface area contributed by atoms with Crippen LogP contribution >= 0.6 is 0 Å². The van der Waals surface area contributed by atoms with Gasteiger partial charge in [-0.15, -0.1) is 0 Å². The van der Waals surface area contributed by atoms with Crippen molar-refractivity contribution in [1.29, 1.82) is 0 Å². The van der Waals surface area contributed by atoms with E-state index in [0.717, 1.165) is 34.5 Å². The molecule has 0 aliphatic heterocycles. The first-order chi connectivity index (χ1) is 15.5. The van der Waals surface area contributed by atoms with Crippen LogP contribution in [0.3, 0.4) is 0 Å². The monoisotopic (exact) mass is 430 g/mol. The summed E-state index contributed by atoms with van der Waals surface area (Å²) >= 11 is 0. The van der Waals surface area contributed by atoms with E-state index in [1.807, 2.05) is 42.5 Å². The van der Waals surface area contributed by atoms with Crippen LogP contribution < -0.4 is 10.9 Å². The molecule has 8 heteroatoms. The number of halogens is 2. The summed E-state index contributed by atoms with van der Waals surface area (Å²) in [6.45, 7) is -0.0833. The smallest absolute Gasteiger partial charge is 0.274 e. The second-order valence-electron chi connectivity index (χ2n) is 7.38. The predicted molar refractivity (Wildman–Crippen MR) is 116 cm³/mol. The maximum absolute atomic E-state index is 13.3. The first-order valence-electron chi connectivity index (χ1n) is 9.81. The van der Waals surface area contributed by atoms with E-state index < -0.39 is 23.1 Å². The highest BCUT2D eigenvalue weighted by Crippen LogP contribution is 2.22. The normalized spacial score (nSPS) is 11.2. The van der Waals surface area contributed by atoms with Crippen LogP contribution in [0, 0.1) is 11.6 Å². The molecule has 0 aliphatic carbocycles. The third-order valence-corrected chi connectivity index (χ3v) is 5.14. The largest absolute Gasteiger partial charge is 0.347 e. The van der Waals surface area contributed by atoms with Gasteiger partial charge in [0.25, 0.3) is 11.5 Å². The van der Waals surface area contributed by atoms with Crippen molar-refractivity contribution in [2.45, 2.75) is 6.54 Å². The van der Waals surface area contributed by atoms with E-state index >= 15 is 0 Å². The SMILES string of the molecule is O=C(NCc1cc(F)cc(F)c1)c1cc2c(=O)[nH]c(-c3ccc4ccccc4c3)cn2n1. The molecule has 5 aromatic rings. The quantitative estimate of drug-likeness (QED) is 0.452. The predicted octanol–water partition coefficient (Wildman–Crippen LogP) is 4.05. The van der Waals surface area contributed by atoms with Gasteiger partial charge in [0.15, 0.2) is 5.69 Å². The molecule has 0 saturated carbocycles. The Balaban J connectivity index is 1.43. The number of hydrogen-bond acceptors (Lipinski definition) is 3. The summed E-state index contributed by atoms with van der Waals surface area (Å²) in [7, 11) is 0. The molecule has 1 amide bonds. The van der Waals surface area contributed by atoms with Gasteiger partial charge in [0, 0.05) is 24.2 Å². The summed E-state index contributed by atoms with van der Waals surface area (Å²) in [6.07, 6.45) is 1.64. The minimum Gasteiger partial charge on any atom is -0.347 e. The Morgan fingerprint density at radius 2 is 1.72 bits per heavy atom.